The van der Waals surface area contributed by atoms with E-state index in [2.05, 4.69) is 0 Å². The van der Waals surface area contributed by atoms with Crippen LogP contribution in [0.5, 0.6) is 0 Å². The van der Waals surface area contributed by atoms with E-state index in [9.17, 15) is 13.2 Å². The van der Waals surface area contributed by atoms with Gasteiger partial charge in [0, 0.05) is 31.9 Å². The van der Waals surface area contributed by atoms with Gasteiger partial charge in [0.05, 0.1) is 11.5 Å². The molecule has 1 amide bonds. The van der Waals surface area contributed by atoms with Crippen molar-refractivity contribution in [3.63, 3.8) is 0 Å². The molecule has 25 heavy (non-hydrogen) atoms. The fraction of sp³-hybridized carbons (Fsp3) is 0.421. The monoisotopic (exact) mass is 361 g/mol. The van der Waals surface area contributed by atoms with Crippen LogP contribution < -0.4 is 0 Å². The van der Waals surface area contributed by atoms with Crippen LogP contribution in [0.15, 0.2) is 42.5 Å². The van der Waals surface area contributed by atoms with Crippen molar-refractivity contribution in [1.82, 2.24) is 4.90 Å². The number of sulfone groups is 1. The molecule has 0 aromatic heterocycles. The number of benzene rings is 2. The Labute approximate surface area is 148 Å². The van der Waals surface area contributed by atoms with Gasteiger partial charge in [-0.25, -0.2) is 8.42 Å². The standard InChI is InChI=1S/C19H23NO4S/c1-24-12-5-11-20(16-10-13-25(22,23)14-16)19(21)18-9-4-7-15-6-2-3-8-17(15)18/h2-4,6-9,16H,5,10-14H2,1H3. The molecular weight excluding hydrogens is 338 g/mol. The molecule has 0 N–H and O–H groups in total. The second-order valence-corrected chi connectivity index (χ2v) is 8.66. The van der Waals surface area contributed by atoms with Gasteiger partial charge in [-0.1, -0.05) is 36.4 Å². The highest BCUT2D eigenvalue weighted by atomic mass is 32.2. The van der Waals surface area contributed by atoms with Crippen LogP contribution in [0.3, 0.4) is 0 Å². The number of fused-ring (bicyclic) bond motifs is 1. The van der Waals surface area contributed by atoms with Crippen LogP contribution in [0.25, 0.3) is 10.8 Å². The molecule has 6 heteroatoms. The molecule has 3 rings (SSSR count). The minimum atomic E-state index is -3.05. The number of rotatable bonds is 6. The van der Waals surface area contributed by atoms with Gasteiger partial charge in [-0.2, -0.15) is 0 Å². The van der Waals surface area contributed by atoms with Gasteiger partial charge in [0.1, 0.15) is 0 Å². The Kier molecular flexibility index (Phi) is 5.39. The minimum absolute atomic E-state index is 0.0521. The first-order chi connectivity index (χ1) is 12.0. The highest BCUT2D eigenvalue weighted by Gasteiger charge is 2.35. The molecule has 1 saturated heterocycles. The van der Waals surface area contributed by atoms with Crippen LogP contribution in [0.2, 0.25) is 0 Å². The molecule has 1 aliphatic heterocycles. The summed E-state index contributed by atoms with van der Waals surface area (Å²) in [5.74, 6) is 0.104. The predicted molar refractivity (Wildman–Crippen MR) is 98.5 cm³/mol. The third-order valence-corrected chi connectivity index (χ3v) is 6.43. The SMILES string of the molecule is COCCCN(C(=O)c1cccc2ccccc12)C1CCS(=O)(=O)C1. The van der Waals surface area contributed by atoms with Gasteiger partial charge in [-0.3, -0.25) is 4.79 Å². The number of carbonyl (C=O) groups is 1. The zero-order valence-electron chi connectivity index (χ0n) is 14.3. The Morgan fingerprint density at radius 1 is 1.20 bits per heavy atom. The molecule has 1 aliphatic rings. The van der Waals surface area contributed by atoms with E-state index in [1.807, 2.05) is 42.5 Å². The van der Waals surface area contributed by atoms with Gasteiger partial charge in [-0.05, 0) is 29.7 Å². The van der Waals surface area contributed by atoms with E-state index in [4.69, 9.17) is 4.74 Å². The van der Waals surface area contributed by atoms with E-state index in [1.54, 1.807) is 12.0 Å². The van der Waals surface area contributed by atoms with Crippen molar-refractivity contribution in [2.45, 2.75) is 18.9 Å². The van der Waals surface area contributed by atoms with Crippen LogP contribution in [0.4, 0.5) is 0 Å². The van der Waals surface area contributed by atoms with E-state index in [0.717, 1.165) is 10.8 Å². The Morgan fingerprint density at radius 2 is 1.96 bits per heavy atom. The summed E-state index contributed by atoms with van der Waals surface area (Å²) >= 11 is 0. The Morgan fingerprint density at radius 3 is 2.68 bits per heavy atom. The molecule has 134 valence electrons. The van der Waals surface area contributed by atoms with Crippen molar-refractivity contribution in [2.24, 2.45) is 0 Å². The third kappa shape index (κ3) is 4.02. The van der Waals surface area contributed by atoms with Gasteiger partial charge in [0.15, 0.2) is 9.84 Å². The lowest BCUT2D eigenvalue weighted by Crippen LogP contribution is -2.42. The lowest BCUT2D eigenvalue weighted by Gasteiger charge is -2.29. The average Bonchev–Trinajstić information content (AvgIpc) is 2.97. The molecule has 1 heterocycles. The summed E-state index contributed by atoms with van der Waals surface area (Å²) < 4.78 is 28.9. The third-order valence-electron chi connectivity index (χ3n) is 4.68. The molecule has 0 spiro atoms. The summed E-state index contributed by atoms with van der Waals surface area (Å²) in [5, 5.41) is 1.90. The maximum absolute atomic E-state index is 13.2. The van der Waals surface area contributed by atoms with E-state index < -0.39 is 9.84 Å². The van der Waals surface area contributed by atoms with Crippen molar-refractivity contribution in [3.05, 3.63) is 48.0 Å². The summed E-state index contributed by atoms with van der Waals surface area (Å²) in [5.41, 5.74) is 0.625. The molecule has 2 aromatic carbocycles. The molecule has 0 saturated carbocycles. The van der Waals surface area contributed by atoms with Gasteiger partial charge in [0.2, 0.25) is 0 Å². The molecule has 1 atom stereocenters. The fourth-order valence-electron chi connectivity index (χ4n) is 3.42. The maximum Gasteiger partial charge on any atom is 0.254 e. The van der Waals surface area contributed by atoms with Crippen molar-refractivity contribution in [1.29, 1.82) is 0 Å². The number of hydrogen-bond acceptors (Lipinski definition) is 4. The molecule has 1 fully saturated rings. The Hall–Kier alpha value is -1.92. The van der Waals surface area contributed by atoms with Crippen LogP contribution in [0, 0.1) is 0 Å². The first-order valence-corrected chi connectivity index (χ1v) is 10.3. The smallest absolute Gasteiger partial charge is 0.254 e. The van der Waals surface area contributed by atoms with Crippen LogP contribution in [-0.2, 0) is 14.6 Å². The summed E-state index contributed by atoms with van der Waals surface area (Å²) in [4.78, 5) is 15.0. The molecule has 0 radical (unpaired) electrons. The lowest BCUT2D eigenvalue weighted by atomic mass is 10.0. The van der Waals surface area contributed by atoms with Crippen LogP contribution in [0.1, 0.15) is 23.2 Å². The van der Waals surface area contributed by atoms with Crippen molar-refractivity contribution >= 4 is 26.5 Å². The number of carbonyl (C=O) groups excluding carboxylic acids is 1. The topological polar surface area (TPSA) is 63.7 Å². The van der Waals surface area contributed by atoms with E-state index in [-0.39, 0.29) is 23.5 Å². The number of nitrogens with zero attached hydrogens (tertiary/aromatic N) is 1. The zero-order valence-corrected chi connectivity index (χ0v) is 15.2. The molecular formula is C19H23NO4S. The van der Waals surface area contributed by atoms with Crippen LogP contribution in [-0.4, -0.2) is 57.0 Å². The molecule has 5 nitrogen and oxygen atoms in total. The highest BCUT2D eigenvalue weighted by Crippen LogP contribution is 2.24. The van der Waals surface area contributed by atoms with Gasteiger partial charge >= 0.3 is 0 Å². The summed E-state index contributed by atoms with van der Waals surface area (Å²) in [7, 11) is -1.43. The predicted octanol–water partition coefficient (Wildman–Crippen LogP) is 2.51. The summed E-state index contributed by atoms with van der Waals surface area (Å²) in [6.07, 6.45) is 1.19. The Bertz CT molecular complexity index is 857. The quantitative estimate of drug-likeness (QED) is 0.742. The van der Waals surface area contributed by atoms with E-state index in [0.29, 0.717) is 31.6 Å². The minimum Gasteiger partial charge on any atom is -0.385 e. The lowest BCUT2D eigenvalue weighted by molar-refractivity contribution is 0.0676. The number of ether oxygens (including phenoxy) is 1. The average molecular weight is 361 g/mol. The zero-order chi connectivity index (χ0) is 17.9. The van der Waals surface area contributed by atoms with Crippen molar-refractivity contribution in [2.75, 3.05) is 31.8 Å². The molecule has 0 bridgehead atoms. The number of hydrogen-bond donors (Lipinski definition) is 0. The van der Waals surface area contributed by atoms with E-state index >= 15 is 0 Å². The highest BCUT2D eigenvalue weighted by molar-refractivity contribution is 7.91. The fourth-order valence-corrected chi connectivity index (χ4v) is 5.15. The largest absolute Gasteiger partial charge is 0.385 e. The first kappa shape index (κ1) is 17.9. The van der Waals surface area contributed by atoms with Crippen molar-refractivity contribution in [3.8, 4) is 0 Å². The molecule has 2 aromatic rings. The first-order valence-electron chi connectivity index (χ1n) is 8.50. The molecule has 0 aliphatic carbocycles. The van der Waals surface area contributed by atoms with E-state index in [1.165, 1.54) is 0 Å². The maximum atomic E-state index is 13.2. The Balaban J connectivity index is 1.92. The van der Waals surface area contributed by atoms with Gasteiger partial charge in [0.25, 0.3) is 5.91 Å². The van der Waals surface area contributed by atoms with Crippen molar-refractivity contribution < 1.29 is 17.9 Å². The second kappa shape index (κ2) is 7.54. The van der Waals surface area contributed by atoms with Crippen LogP contribution >= 0.6 is 0 Å². The second-order valence-electron chi connectivity index (χ2n) is 6.43. The number of amides is 1. The normalized spacial score (nSPS) is 19.2. The van der Waals surface area contributed by atoms with Gasteiger partial charge in [-0.15, -0.1) is 0 Å². The molecule has 1 unspecified atom stereocenters. The number of methoxy groups -OCH3 is 1. The summed E-state index contributed by atoms with van der Waals surface area (Å²) in [6, 6.07) is 13.2. The summed E-state index contributed by atoms with van der Waals surface area (Å²) in [6.45, 7) is 1.04. The van der Waals surface area contributed by atoms with Gasteiger partial charge < -0.3 is 9.64 Å².